The maximum Gasteiger partial charge on any atom is 0.230 e. The second-order valence-electron chi connectivity index (χ2n) is 5.55. The van der Waals surface area contributed by atoms with Crippen LogP contribution in [0.2, 0.25) is 0 Å². The van der Waals surface area contributed by atoms with Crippen molar-refractivity contribution in [1.29, 1.82) is 0 Å². The maximum absolute atomic E-state index is 11.9. The summed E-state index contributed by atoms with van der Waals surface area (Å²) in [5.41, 5.74) is 4.91. The number of hydrogen-bond acceptors (Lipinski definition) is 3. The van der Waals surface area contributed by atoms with Crippen molar-refractivity contribution in [3.63, 3.8) is 0 Å². The molecule has 0 aromatic heterocycles. The van der Waals surface area contributed by atoms with Crippen LogP contribution in [-0.4, -0.2) is 18.8 Å². The molecule has 1 N–H and O–H groups in total. The number of nitrogens with one attached hydrogen (secondary N) is 1. The van der Waals surface area contributed by atoms with Gasteiger partial charge < -0.3 is 10.1 Å². The molecule has 0 heterocycles. The van der Waals surface area contributed by atoms with Gasteiger partial charge in [0.1, 0.15) is 5.75 Å². The number of carbonyl (C=O) groups is 1. The Morgan fingerprint density at radius 2 is 1.87 bits per heavy atom. The monoisotopic (exact) mass is 329 g/mol. The van der Waals surface area contributed by atoms with E-state index in [0.29, 0.717) is 12.3 Å². The molecule has 122 valence electrons. The Hall–Kier alpha value is -1.94. The zero-order chi connectivity index (χ0) is 16.7. The first-order chi connectivity index (χ1) is 11.1. The average molecular weight is 329 g/mol. The third kappa shape index (κ3) is 5.64. The lowest BCUT2D eigenvalue weighted by Gasteiger charge is -2.08. The fourth-order valence-electron chi connectivity index (χ4n) is 2.20. The molecule has 0 aliphatic carbocycles. The molecule has 0 radical (unpaired) electrons. The molecule has 0 saturated heterocycles. The average Bonchev–Trinajstić information content (AvgIpc) is 2.56. The van der Waals surface area contributed by atoms with E-state index < -0.39 is 0 Å². The standard InChI is InChI=1S/C19H23NO2S/c1-14-4-5-15(2)17(10-14)12-23-13-19(21)20-11-16-6-8-18(22-3)9-7-16/h4-10H,11-13H2,1-3H3,(H,20,21). The van der Waals surface area contributed by atoms with Gasteiger partial charge in [-0.15, -0.1) is 11.8 Å². The first-order valence-corrected chi connectivity index (χ1v) is 8.77. The summed E-state index contributed by atoms with van der Waals surface area (Å²) in [7, 11) is 1.64. The molecule has 23 heavy (non-hydrogen) atoms. The molecule has 2 rings (SSSR count). The number of hydrogen-bond donors (Lipinski definition) is 1. The normalized spacial score (nSPS) is 10.4. The number of aryl methyl sites for hydroxylation is 2. The highest BCUT2D eigenvalue weighted by Gasteiger charge is 2.04. The van der Waals surface area contributed by atoms with E-state index in [9.17, 15) is 4.79 Å². The van der Waals surface area contributed by atoms with Crippen molar-refractivity contribution >= 4 is 17.7 Å². The van der Waals surface area contributed by atoms with Crippen LogP contribution in [0.5, 0.6) is 5.75 Å². The number of ether oxygens (including phenoxy) is 1. The largest absolute Gasteiger partial charge is 0.497 e. The Morgan fingerprint density at radius 3 is 2.57 bits per heavy atom. The van der Waals surface area contributed by atoms with Gasteiger partial charge in [-0.3, -0.25) is 4.79 Å². The van der Waals surface area contributed by atoms with Crippen LogP contribution in [-0.2, 0) is 17.1 Å². The molecule has 2 aromatic rings. The minimum atomic E-state index is 0.0659. The number of thioether (sulfide) groups is 1. The number of rotatable bonds is 7. The number of benzene rings is 2. The summed E-state index contributed by atoms with van der Waals surface area (Å²) in [5, 5.41) is 2.95. The van der Waals surface area contributed by atoms with Gasteiger partial charge in [-0.25, -0.2) is 0 Å². The Kier molecular flexibility index (Phi) is 6.53. The second kappa shape index (κ2) is 8.63. The van der Waals surface area contributed by atoms with E-state index in [-0.39, 0.29) is 5.91 Å². The summed E-state index contributed by atoms with van der Waals surface area (Å²) in [6.07, 6.45) is 0. The van der Waals surface area contributed by atoms with Gasteiger partial charge >= 0.3 is 0 Å². The molecule has 1 amide bonds. The number of methoxy groups -OCH3 is 1. The summed E-state index contributed by atoms with van der Waals surface area (Å²) >= 11 is 1.65. The van der Waals surface area contributed by atoms with E-state index in [1.165, 1.54) is 16.7 Å². The molecule has 0 atom stereocenters. The minimum absolute atomic E-state index is 0.0659. The lowest BCUT2D eigenvalue weighted by atomic mass is 10.1. The predicted molar refractivity (Wildman–Crippen MR) is 96.9 cm³/mol. The molecule has 0 spiro atoms. The molecule has 0 aliphatic rings. The van der Waals surface area contributed by atoms with Crippen LogP contribution >= 0.6 is 11.8 Å². The van der Waals surface area contributed by atoms with Crippen LogP contribution in [0.15, 0.2) is 42.5 Å². The van der Waals surface area contributed by atoms with E-state index in [4.69, 9.17) is 4.74 Å². The summed E-state index contributed by atoms with van der Waals surface area (Å²) in [5.74, 6) is 2.23. The smallest absolute Gasteiger partial charge is 0.230 e. The van der Waals surface area contributed by atoms with Gasteiger partial charge in [0.25, 0.3) is 0 Å². The molecule has 0 fully saturated rings. The Labute approximate surface area is 142 Å². The highest BCUT2D eigenvalue weighted by Crippen LogP contribution is 2.17. The van der Waals surface area contributed by atoms with Gasteiger partial charge in [0, 0.05) is 12.3 Å². The molecule has 0 bridgehead atoms. The van der Waals surface area contributed by atoms with Crippen molar-refractivity contribution in [3.05, 3.63) is 64.7 Å². The van der Waals surface area contributed by atoms with Crippen LogP contribution in [0, 0.1) is 13.8 Å². The highest BCUT2D eigenvalue weighted by atomic mass is 32.2. The lowest BCUT2D eigenvalue weighted by molar-refractivity contribution is -0.118. The van der Waals surface area contributed by atoms with Crippen molar-refractivity contribution in [2.45, 2.75) is 26.1 Å². The van der Waals surface area contributed by atoms with Crippen molar-refractivity contribution in [1.82, 2.24) is 5.32 Å². The van der Waals surface area contributed by atoms with Crippen LogP contribution < -0.4 is 10.1 Å². The predicted octanol–water partition coefficient (Wildman–Crippen LogP) is 3.86. The van der Waals surface area contributed by atoms with Gasteiger partial charge in [-0.1, -0.05) is 35.9 Å². The minimum Gasteiger partial charge on any atom is -0.497 e. The molecular formula is C19H23NO2S. The molecular weight excluding hydrogens is 306 g/mol. The fourth-order valence-corrected chi connectivity index (χ4v) is 3.12. The van der Waals surface area contributed by atoms with Crippen LogP contribution in [0.3, 0.4) is 0 Å². The Morgan fingerprint density at radius 1 is 1.13 bits per heavy atom. The highest BCUT2D eigenvalue weighted by molar-refractivity contribution is 7.99. The van der Waals surface area contributed by atoms with Crippen molar-refractivity contribution in [2.75, 3.05) is 12.9 Å². The number of amides is 1. The van der Waals surface area contributed by atoms with Crippen LogP contribution in [0.1, 0.15) is 22.3 Å². The summed E-state index contributed by atoms with van der Waals surface area (Å²) in [6, 6.07) is 14.2. The van der Waals surface area contributed by atoms with E-state index in [2.05, 4.69) is 37.4 Å². The SMILES string of the molecule is COc1ccc(CNC(=O)CSCc2cc(C)ccc2C)cc1. The summed E-state index contributed by atoms with van der Waals surface area (Å²) in [6.45, 7) is 4.75. The van der Waals surface area contributed by atoms with Gasteiger partial charge in [-0.2, -0.15) is 0 Å². The Balaban J connectivity index is 1.73. The molecule has 0 unspecified atom stereocenters. The van der Waals surface area contributed by atoms with Crippen LogP contribution in [0.25, 0.3) is 0 Å². The molecule has 4 heteroatoms. The van der Waals surface area contributed by atoms with E-state index in [1.807, 2.05) is 24.3 Å². The summed E-state index contributed by atoms with van der Waals surface area (Å²) < 4.78 is 5.12. The van der Waals surface area contributed by atoms with Crippen LogP contribution in [0.4, 0.5) is 0 Å². The Bertz CT molecular complexity index is 653. The van der Waals surface area contributed by atoms with E-state index in [1.54, 1.807) is 18.9 Å². The second-order valence-corrected chi connectivity index (χ2v) is 6.53. The van der Waals surface area contributed by atoms with Crippen molar-refractivity contribution in [2.24, 2.45) is 0 Å². The third-order valence-electron chi connectivity index (χ3n) is 3.64. The number of carbonyl (C=O) groups excluding carboxylic acids is 1. The topological polar surface area (TPSA) is 38.3 Å². The van der Waals surface area contributed by atoms with Crippen molar-refractivity contribution < 1.29 is 9.53 Å². The first kappa shape index (κ1) is 17.4. The molecule has 2 aromatic carbocycles. The first-order valence-electron chi connectivity index (χ1n) is 7.62. The summed E-state index contributed by atoms with van der Waals surface area (Å²) in [4.78, 5) is 11.9. The zero-order valence-corrected chi connectivity index (χ0v) is 14.7. The quantitative estimate of drug-likeness (QED) is 0.838. The van der Waals surface area contributed by atoms with E-state index >= 15 is 0 Å². The fraction of sp³-hybridized carbons (Fsp3) is 0.316. The molecule has 0 aliphatic heterocycles. The van der Waals surface area contributed by atoms with Gasteiger partial charge in [-0.05, 0) is 42.7 Å². The van der Waals surface area contributed by atoms with Gasteiger partial charge in [0.05, 0.1) is 12.9 Å². The van der Waals surface area contributed by atoms with Gasteiger partial charge in [0.2, 0.25) is 5.91 Å². The lowest BCUT2D eigenvalue weighted by Crippen LogP contribution is -2.24. The van der Waals surface area contributed by atoms with E-state index in [0.717, 1.165) is 17.1 Å². The maximum atomic E-state index is 11.9. The zero-order valence-electron chi connectivity index (χ0n) is 13.9. The molecule has 3 nitrogen and oxygen atoms in total. The molecule has 0 saturated carbocycles. The third-order valence-corrected chi connectivity index (χ3v) is 4.63. The van der Waals surface area contributed by atoms with Crippen molar-refractivity contribution in [3.8, 4) is 5.75 Å². The van der Waals surface area contributed by atoms with Gasteiger partial charge in [0.15, 0.2) is 0 Å².